The third-order valence-corrected chi connectivity index (χ3v) is 6.20. The maximum atomic E-state index is 12.3. The summed E-state index contributed by atoms with van der Waals surface area (Å²) in [7, 11) is 0. The van der Waals surface area contributed by atoms with Gasteiger partial charge < -0.3 is 20.1 Å². The minimum Gasteiger partial charge on any atom is -0.486 e. The molecule has 0 unspecified atom stereocenters. The highest BCUT2D eigenvalue weighted by atomic mass is 35.5. The molecule has 0 fully saturated rings. The molecule has 0 aromatic heterocycles. The summed E-state index contributed by atoms with van der Waals surface area (Å²) in [6.07, 6.45) is 0. The highest BCUT2D eigenvalue weighted by molar-refractivity contribution is 6.36. The molecule has 3 aromatic carbocycles. The number of rotatable bonds is 3. The predicted molar refractivity (Wildman–Crippen MR) is 121 cm³/mol. The number of fused-ring (bicyclic) bond motifs is 2. The molecule has 2 N–H and O–H groups in total. The highest BCUT2D eigenvalue weighted by Gasteiger charge is 2.26. The van der Waals surface area contributed by atoms with Gasteiger partial charge in [-0.25, -0.2) is 0 Å². The summed E-state index contributed by atoms with van der Waals surface area (Å²) in [4.78, 5) is 14.1. The fraction of sp³-hybridized carbons (Fsp3) is 0.240. The summed E-state index contributed by atoms with van der Waals surface area (Å²) < 4.78 is 11.4. The second-order valence-corrected chi connectivity index (χ2v) is 8.37. The van der Waals surface area contributed by atoms with Crippen LogP contribution < -0.4 is 15.2 Å². The molecular formula is C25H23ClN2O3. The molecule has 2 heterocycles. The van der Waals surface area contributed by atoms with Crippen LogP contribution >= 0.6 is 11.6 Å². The van der Waals surface area contributed by atoms with E-state index in [1.807, 2.05) is 36.4 Å². The SMILES string of the molecule is C[C@H](N)C(=O)N1Cc2ccc(-c3cccc(-c4ccc5c(c4)OCCO5)c3Cl)cc2C1. The smallest absolute Gasteiger partial charge is 0.239 e. The molecule has 2 aliphatic heterocycles. The molecule has 0 radical (unpaired) electrons. The number of carbonyl (C=O) groups excluding carboxylic acids is 1. The molecule has 1 atom stereocenters. The number of nitrogens with two attached hydrogens (primary N) is 1. The van der Waals surface area contributed by atoms with Crippen LogP contribution in [0, 0.1) is 0 Å². The van der Waals surface area contributed by atoms with E-state index in [0.717, 1.165) is 44.9 Å². The van der Waals surface area contributed by atoms with E-state index in [4.69, 9.17) is 26.8 Å². The Morgan fingerprint density at radius 2 is 1.58 bits per heavy atom. The zero-order chi connectivity index (χ0) is 21.5. The van der Waals surface area contributed by atoms with E-state index >= 15 is 0 Å². The molecule has 1 amide bonds. The summed E-state index contributed by atoms with van der Waals surface area (Å²) in [6.45, 7) is 4.00. The van der Waals surface area contributed by atoms with Gasteiger partial charge in [0, 0.05) is 24.2 Å². The average molecular weight is 435 g/mol. The van der Waals surface area contributed by atoms with Gasteiger partial charge in [-0.15, -0.1) is 0 Å². The number of ether oxygens (including phenoxy) is 2. The van der Waals surface area contributed by atoms with Crippen molar-refractivity contribution in [3.63, 3.8) is 0 Å². The van der Waals surface area contributed by atoms with Crippen molar-refractivity contribution >= 4 is 17.5 Å². The Bertz CT molecular complexity index is 1180. The Labute approximate surface area is 186 Å². The summed E-state index contributed by atoms with van der Waals surface area (Å²) in [5, 5.41) is 0.681. The van der Waals surface area contributed by atoms with Crippen LogP contribution in [0.3, 0.4) is 0 Å². The highest BCUT2D eigenvalue weighted by Crippen LogP contribution is 2.41. The van der Waals surface area contributed by atoms with E-state index in [1.165, 1.54) is 0 Å². The second kappa shape index (κ2) is 7.91. The van der Waals surface area contributed by atoms with Crippen molar-refractivity contribution in [3.8, 4) is 33.8 Å². The van der Waals surface area contributed by atoms with Gasteiger partial charge >= 0.3 is 0 Å². The van der Waals surface area contributed by atoms with E-state index in [0.29, 0.717) is 31.3 Å². The van der Waals surface area contributed by atoms with Crippen molar-refractivity contribution in [2.45, 2.75) is 26.1 Å². The number of amides is 1. The Kier molecular flexibility index (Phi) is 5.08. The molecular weight excluding hydrogens is 412 g/mol. The predicted octanol–water partition coefficient (Wildman–Crippen LogP) is 4.63. The summed E-state index contributed by atoms with van der Waals surface area (Å²) in [5.41, 5.74) is 12.0. The van der Waals surface area contributed by atoms with Gasteiger partial charge in [0.05, 0.1) is 11.1 Å². The van der Waals surface area contributed by atoms with Crippen LogP contribution in [0.25, 0.3) is 22.3 Å². The topological polar surface area (TPSA) is 64.8 Å². The van der Waals surface area contributed by atoms with Gasteiger partial charge in [-0.05, 0) is 47.4 Å². The molecule has 6 heteroatoms. The van der Waals surface area contributed by atoms with Gasteiger partial charge in [0.2, 0.25) is 5.91 Å². The number of nitrogens with zero attached hydrogens (tertiary/aromatic N) is 1. The number of halogens is 1. The quantitative estimate of drug-likeness (QED) is 0.652. The van der Waals surface area contributed by atoms with E-state index in [2.05, 4.69) is 18.2 Å². The van der Waals surface area contributed by atoms with Crippen molar-refractivity contribution in [1.29, 1.82) is 0 Å². The van der Waals surface area contributed by atoms with Crippen molar-refractivity contribution < 1.29 is 14.3 Å². The first-order chi connectivity index (χ1) is 15.0. The standard InChI is InChI=1S/C25H23ClN2O3/c1-15(27)25(29)28-13-18-6-5-16(11-19(18)14-28)20-3-2-4-21(24(20)26)17-7-8-22-23(12-17)31-10-9-30-22/h2-8,11-12,15H,9-10,13-14,27H2,1H3/t15-/m0/s1. The summed E-state index contributed by atoms with van der Waals surface area (Å²) in [5.74, 6) is 1.46. The Morgan fingerprint density at radius 1 is 0.935 bits per heavy atom. The maximum Gasteiger partial charge on any atom is 0.239 e. The number of carbonyl (C=O) groups is 1. The molecule has 0 bridgehead atoms. The number of hydrogen-bond acceptors (Lipinski definition) is 4. The van der Waals surface area contributed by atoms with E-state index in [1.54, 1.807) is 11.8 Å². The lowest BCUT2D eigenvalue weighted by Gasteiger charge is -2.19. The molecule has 5 nitrogen and oxygen atoms in total. The monoisotopic (exact) mass is 434 g/mol. The van der Waals surface area contributed by atoms with Gasteiger partial charge in [0.1, 0.15) is 13.2 Å². The Hall–Kier alpha value is -3.02. The van der Waals surface area contributed by atoms with Crippen molar-refractivity contribution in [3.05, 3.63) is 70.7 Å². The lowest BCUT2D eigenvalue weighted by atomic mass is 9.96. The van der Waals surface area contributed by atoms with Gasteiger partial charge in [0.25, 0.3) is 0 Å². The maximum absolute atomic E-state index is 12.3. The van der Waals surface area contributed by atoms with Crippen LogP contribution in [0.15, 0.2) is 54.6 Å². The van der Waals surface area contributed by atoms with Crippen LogP contribution in [-0.4, -0.2) is 30.1 Å². The third-order valence-electron chi connectivity index (χ3n) is 5.79. The fourth-order valence-corrected chi connectivity index (χ4v) is 4.54. The van der Waals surface area contributed by atoms with Crippen LogP contribution in [0.4, 0.5) is 0 Å². The summed E-state index contributed by atoms with van der Waals surface area (Å²) >= 11 is 6.88. The van der Waals surface area contributed by atoms with Crippen molar-refractivity contribution in [2.24, 2.45) is 5.73 Å². The van der Waals surface area contributed by atoms with E-state index < -0.39 is 6.04 Å². The van der Waals surface area contributed by atoms with Crippen LogP contribution in [0.2, 0.25) is 5.02 Å². The van der Waals surface area contributed by atoms with E-state index in [-0.39, 0.29) is 5.91 Å². The zero-order valence-electron chi connectivity index (χ0n) is 17.2. The normalized spacial score (nSPS) is 15.5. The summed E-state index contributed by atoms with van der Waals surface area (Å²) in [6, 6.07) is 17.7. The van der Waals surface area contributed by atoms with Crippen LogP contribution in [0.5, 0.6) is 11.5 Å². The Morgan fingerprint density at radius 3 is 2.32 bits per heavy atom. The Balaban J connectivity index is 1.48. The largest absolute Gasteiger partial charge is 0.486 e. The molecule has 5 rings (SSSR count). The first kappa shape index (κ1) is 19.9. The third kappa shape index (κ3) is 3.64. The molecule has 0 saturated carbocycles. The average Bonchev–Trinajstić information content (AvgIpc) is 3.21. The van der Waals surface area contributed by atoms with E-state index in [9.17, 15) is 4.79 Å². The first-order valence-electron chi connectivity index (χ1n) is 10.4. The van der Waals surface area contributed by atoms with Crippen molar-refractivity contribution in [1.82, 2.24) is 4.90 Å². The van der Waals surface area contributed by atoms with Gasteiger partial charge in [-0.2, -0.15) is 0 Å². The van der Waals surface area contributed by atoms with Gasteiger partial charge in [-0.1, -0.05) is 48.0 Å². The van der Waals surface area contributed by atoms with Crippen LogP contribution in [0.1, 0.15) is 18.1 Å². The first-order valence-corrected chi connectivity index (χ1v) is 10.7. The zero-order valence-corrected chi connectivity index (χ0v) is 18.0. The molecule has 0 aliphatic carbocycles. The minimum atomic E-state index is -0.495. The molecule has 2 aliphatic rings. The second-order valence-electron chi connectivity index (χ2n) is 7.99. The van der Waals surface area contributed by atoms with Crippen molar-refractivity contribution in [2.75, 3.05) is 13.2 Å². The molecule has 31 heavy (non-hydrogen) atoms. The molecule has 158 valence electrons. The van der Waals surface area contributed by atoms with Gasteiger partial charge in [-0.3, -0.25) is 4.79 Å². The molecule has 0 spiro atoms. The molecule has 0 saturated heterocycles. The van der Waals surface area contributed by atoms with Gasteiger partial charge in [0.15, 0.2) is 11.5 Å². The molecule has 3 aromatic rings. The number of hydrogen-bond donors (Lipinski definition) is 1. The minimum absolute atomic E-state index is 0.0311. The fourth-order valence-electron chi connectivity index (χ4n) is 4.19. The number of benzene rings is 3. The lowest BCUT2D eigenvalue weighted by molar-refractivity contribution is -0.132. The van der Waals surface area contributed by atoms with Crippen LogP contribution in [-0.2, 0) is 17.9 Å². The lowest BCUT2D eigenvalue weighted by Crippen LogP contribution is -2.38.